The highest BCUT2D eigenvalue weighted by molar-refractivity contribution is 6.06. The first-order valence-electron chi connectivity index (χ1n) is 10.8. The summed E-state index contributed by atoms with van der Waals surface area (Å²) in [4.78, 5) is 31.7. The van der Waals surface area contributed by atoms with Gasteiger partial charge in [0.1, 0.15) is 17.3 Å². The van der Waals surface area contributed by atoms with Crippen LogP contribution >= 0.6 is 0 Å². The summed E-state index contributed by atoms with van der Waals surface area (Å²) in [5.74, 6) is -1.27. The van der Waals surface area contributed by atoms with E-state index in [4.69, 9.17) is 0 Å². The molecule has 6 nitrogen and oxygen atoms in total. The molecule has 2 atom stereocenters. The molecule has 2 aliphatic rings. The molecule has 3 aromatic rings. The molecular formula is C24H24F2N4O2. The van der Waals surface area contributed by atoms with Crippen molar-refractivity contribution in [1.29, 1.82) is 0 Å². The molecule has 8 heteroatoms. The third kappa shape index (κ3) is 3.39. The van der Waals surface area contributed by atoms with Crippen LogP contribution in [0.4, 0.5) is 20.2 Å². The van der Waals surface area contributed by atoms with Crippen LogP contribution in [0.25, 0.3) is 10.9 Å². The van der Waals surface area contributed by atoms with E-state index in [0.717, 1.165) is 24.9 Å². The number of H-pyrrole nitrogens is 1. The first-order valence-corrected chi connectivity index (χ1v) is 10.8. The summed E-state index contributed by atoms with van der Waals surface area (Å²) in [5, 5.41) is 3.07. The quantitative estimate of drug-likeness (QED) is 0.644. The molecule has 2 aromatic carbocycles. The Morgan fingerprint density at radius 1 is 1.06 bits per heavy atom. The Morgan fingerprint density at radius 3 is 2.59 bits per heavy atom. The van der Waals surface area contributed by atoms with Gasteiger partial charge in [-0.3, -0.25) is 9.59 Å². The van der Waals surface area contributed by atoms with Crippen molar-refractivity contribution in [2.24, 2.45) is 0 Å². The zero-order valence-corrected chi connectivity index (χ0v) is 17.9. The van der Waals surface area contributed by atoms with Gasteiger partial charge in [-0.15, -0.1) is 0 Å². The van der Waals surface area contributed by atoms with Crippen LogP contribution in [0.2, 0.25) is 0 Å². The molecule has 2 aliphatic heterocycles. The van der Waals surface area contributed by atoms with Crippen molar-refractivity contribution in [2.45, 2.75) is 38.8 Å². The number of nitrogens with zero attached hydrogens (tertiary/aromatic N) is 2. The highest BCUT2D eigenvalue weighted by atomic mass is 19.1. The molecule has 3 heterocycles. The normalized spacial score (nSPS) is 20.1. The van der Waals surface area contributed by atoms with E-state index >= 15 is 0 Å². The van der Waals surface area contributed by atoms with E-state index in [1.807, 2.05) is 11.8 Å². The molecule has 166 valence electrons. The lowest BCUT2D eigenvalue weighted by Crippen LogP contribution is -2.38. The molecule has 0 saturated carbocycles. The van der Waals surface area contributed by atoms with Crippen LogP contribution in [0.15, 0.2) is 36.4 Å². The lowest BCUT2D eigenvalue weighted by atomic mass is 10.1. The summed E-state index contributed by atoms with van der Waals surface area (Å²) in [7, 11) is 0. The van der Waals surface area contributed by atoms with Gasteiger partial charge in [0.05, 0.1) is 17.6 Å². The molecule has 2 fully saturated rings. The second kappa shape index (κ2) is 7.62. The van der Waals surface area contributed by atoms with Crippen LogP contribution in [0.3, 0.4) is 0 Å². The first-order chi connectivity index (χ1) is 15.3. The highest BCUT2D eigenvalue weighted by Gasteiger charge is 2.43. The summed E-state index contributed by atoms with van der Waals surface area (Å²) < 4.78 is 28.6. The smallest absolute Gasteiger partial charge is 0.272 e. The van der Waals surface area contributed by atoms with Gasteiger partial charge in [0.15, 0.2) is 0 Å². The van der Waals surface area contributed by atoms with E-state index in [1.54, 1.807) is 19.1 Å². The Morgan fingerprint density at radius 2 is 1.84 bits per heavy atom. The van der Waals surface area contributed by atoms with Gasteiger partial charge in [-0.1, -0.05) is 6.07 Å². The first kappa shape index (κ1) is 20.5. The van der Waals surface area contributed by atoms with Gasteiger partial charge in [-0.05, 0) is 55.7 Å². The monoisotopic (exact) mass is 438 g/mol. The molecule has 2 amide bonds. The number of amides is 2. The topological polar surface area (TPSA) is 68.4 Å². The summed E-state index contributed by atoms with van der Waals surface area (Å²) >= 11 is 0. The van der Waals surface area contributed by atoms with Gasteiger partial charge >= 0.3 is 0 Å². The van der Waals surface area contributed by atoms with E-state index in [9.17, 15) is 18.4 Å². The molecule has 2 saturated heterocycles. The molecular weight excluding hydrogens is 414 g/mol. The van der Waals surface area contributed by atoms with E-state index < -0.39 is 17.5 Å². The maximum atomic E-state index is 14.5. The van der Waals surface area contributed by atoms with Crippen LogP contribution in [0.5, 0.6) is 0 Å². The third-order valence-electron chi connectivity index (χ3n) is 6.65. The molecule has 5 rings (SSSR count). The Bertz CT molecular complexity index is 1200. The average Bonchev–Trinajstić information content (AvgIpc) is 3.44. The molecule has 0 unspecified atom stereocenters. The summed E-state index contributed by atoms with van der Waals surface area (Å²) in [6, 6.07) is 9.22. The van der Waals surface area contributed by atoms with Gasteiger partial charge in [0.2, 0.25) is 5.91 Å². The SMILES string of the molecule is CC(=O)N1CC[C@@H]2[C@H]1CCN2c1cc(F)cc(NC(=O)c2cc3c(F)ccc(C)c3[nH]2)c1. The number of aryl methyl sites for hydroxylation is 1. The van der Waals surface area contributed by atoms with Crippen molar-refractivity contribution in [2.75, 3.05) is 23.3 Å². The number of fused-ring (bicyclic) bond motifs is 2. The highest BCUT2D eigenvalue weighted by Crippen LogP contribution is 2.36. The number of likely N-dealkylation sites (tertiary alicyclic amines) is 1. The second-order valence-corrected chi connectivity index (χ2v) is 8.61. The number of anilines is 2. The maximum absolute atomic E-state index is 14.5. The predicted molar refractivity (Wildman–Crippen MR) is 119 cm³/mol. The van der Waals surface area contributed by atoms with Crippen molar-refractivity contribution in [1.82, 2.24) is 9.88 Å². The molecule has 0 spiro atoms. The zero-order chi connectivity index (χ0) is 22.6. The standard InChI is InChI=1S/C24H24F2N4O2/c1-13-3-4-19(26)18-12-20(28-23(13)18)24(32)27-16-9-15(25)10-17(11-16)30-8-6-21-22(30)5-7-29(21)14(2)31/h3-4,9-12,21-22,28H,5-8H2,1-2H3,(H,27,32)/t21-,22-/m1/s1. The van der Waals surface area contributed by atoms with Crippen LogP contribution < -0.4 is 10.2 Å². The lowest BCUT2D eigenvalue weighted by molar-refractivity contribution is -0.129. The zero-order valence-electron chi connectivity index (χ0n) is 17.9. The Labute approximate surface area is 184 Å². The van der Waals surface area contributed by atoms with Crippen molar-refractivity contribution in [3.63, 3.8) is 0 Å². The number of rotatable bonds is 3. The van der Waals surface area contributed by atoms with E-state index in [2.05, 4.69) is 15.2 Å². The third-order valence-corrected chi connectivity index (χ3v) is 6.65. The number of benzene rings is 2. The van der Waals surface area contributed by atoms with Crippen LogP contribution in [-0.4, -0.2) is 46.9 Å². The maximum Gasteiger partial charge on any atom is 0.272 e. The number of carbonyl (C=O) groups is 2. The molecule has 1 aromatic heterocycles. The Kier molecular flexibility index (Phi) is 4.87. The van der Waals surface area contributed by atoms with Crippen LogP contribution in [-0.2, 0) is 4.79 Å². The number of nitrogens with one attached hydrogen (secondary N) is 2. The van der Waals surface area contributed by atoms with Gasteiger partial charge in [0.25, 0.3) is 5.91 Å². The number of aromatic amines is 1. The van der Waals surface area contributed by atoms with Crippen molar-refractivity contribution in [3.05, 3.63) is 59.3 Å². The van der Waals surface area contributed by atoms with E-state index in [1.165, 1.54) is 24.3 Å². The summed E-state index contributed by atoms with van der Waals surface area (Å²) in [5.41, 5.74) is 2.60. The second-order valence-electron chi connectivity index (χ2n) is 8.61. The molecule has 2 N–H and O–H groups in total. The molecule has 0 radical (unpaired) electrons. The minimum atomic E-state index is -0.473. The number of hydrogen-bond acceptors (Lipinski definition) is 3. The van der Waals surface area contributed by atoms with Crippen molar-refractivity contribution >= 4 is 34.1 Å². The Balaban J connectivity index is 1.39. The molecule has 32 heavy (non-hydrogen) atoms. The van der Waals surface area contributed by atoms with E-state index in [0.29, 0.717) is 28.8 Å². The van der Waals surface area contributed by atoms with Gasteiger partial charge in [0, 0.05) is 36.8 Å². The molecule has 0 bridgehead atoms. The van der Waals surface area contributed by atoms with E-state index in [-0.39, 0.29) is 23.7 Å². The van der Waals surface area contributed by atoms with Gasteiger partial charge < -0.3 is 20.1 Å². The largest absolute Gasteiger partial charge is 0.366 e. The minimum Gasteiger partial charge on any atom is -0.366 e. The van der Waals surface area contributed by atoms with Gasteiger partial charge in [-0.2, -0.15) is 0 Å². The fourth-order valence-electron chi connectivity index (χ4n) is 5.16. The van der Waals surface area contributed by atoms with Crippen LogP contribution in [0.1, 0.15) is 35.8 Å². The Hall–Kier alpha value is -3.42. The predicted octanol–water partition coefficient (Wildman–Crippen LogP) is 4.21. The summed E-state index contributed by atoms with van der Waals surface area (Å²) in [6.45, 7) is 4.84. The lowest BCUT2D eigenvalue weighted by Gasteiger charge is -2.27. The van der Waals surface area contributed by atoms with Crippen molar-refractivity contribution in [3.8, 4) is 0 Å². The number of halogens is 2. The van der Waals surface area contributed by atoms with Crippen LogP contribution in [0, 0.1) is 18.6 Å². The van der Waals surface area contributed by atoms with Gasteiger partial charge in [-0.25, -0.2) is 8.78 Å². The fourth-order valence-corrected chi connectivity index (χ4v) is 5.16. The molecule has 0 aliphatic carbocycles. The number of carbonyl (C=O) groups excluding carboxylic acids is 2. The number of aromatic nitrogens is 1. The fraction of sp³-hybridized carbons (Fsp3) is 0.333. The average molecular weight is 438 g/mol. The summed E-state index contributed by atoms with van der Waals surface area (Å²) in [6.07, 6.45) is 1.67. The minimum absolute atomic E-state index is 0.0663. The van der Waals surface area contributed by atoms with Crippen molar-refractivity contribution < 1.29 is 18.4 Å². The number of hydrogen-bond donors (Lipinski definition) is 2.